The van der Waals surface area contributed by atoms with Crippen molar-refractivity contribution in [2.75, 3.05) is 25.0 Å². The predicted octanol–water partition coefficient (Wildman–Crippen LogP) is 2.16. The van der Waals surface area contributed by atoms with Crippen molar-refractivity contribution in [3.63, 3.8) is 0 Å². The molecule has 2 N–H and O–H groups in total. The number of carbonyl (C=O) groups excluding carboxylic acids is 1. The molecule has 22 heavy (non-hydrogen) atoms. The number of para-hydroxylation sites is 1. The number of rotatable bonds is 4. The largest absolute Gasteiger partial charge is 0.354 e. The molecule has 0 fully saturated rings. The van der Waals surface area contributed by atoms with Crippen LogP contribution in [-0.2, 0) is 11.2 Å². The molecule has 1 aliphatic rings. The van der Waals surface area contributed by atoms with Crippen molar-refractivity contribution in [1.82, 2.24) is 10.6 Å². The lowest BCUT2D eigenvalue weighted by molar-refractivity contribution is -0.117. The van der Waals surface area contributed by atoms with Gasteiger partial charge < -0.3 is 15.5 Å². The van der Waals surface area contributed by atoms with E-state index in [0.29, 0.717) is 12.0 Å². The van der Waals surface area contributed by atoms with Crippen LogP contribution in [0.1, 0.15) is 25.8 Å². The van der Waals surface area contributed by atoms with Crippen LogP contribution in [0.15, 0.2) is 29.3 Å². The highest BCUT2D eigenvalue weighted by atomic mass is 127. The number of fused-ring (bicyclic) bond motifs is 1. The summed E-state index contributed by atoms with van der Waals surface area (Å²) >= 11 is 0. The van der Waals surface area contributed by atoms with E-state index in [1.807, 2.05) is 23.1 Å². The molecule has 0 radical (unpaired) electrons. The highest BCUT2D eigenvalue weighted by Gasteiger charge is 2.23. The van der Waals surface area contributed by atoms with Crippen LogP contribution < -0.4 is 15.5 Å². The van der Waals surface area contributed by atoms with E-state index in [0.717, 1.165) is 25.1 Å². The molecule has 1 aromatic rings. The van der Waals surface area contributed by atoms with E-state index in [-0.39, 0.29) is 36.4 Å². The summed E-state index contributed by atoms with van der Waals surface area (Å²) in [7, 11) is 1.72. The number of anilines is 1. The van der Waals surface area contributed by atoms with Gasteiger partial charge in [0.1, 0.15) is 0 Å². The van der Waals surface area contributed by atoms with Crippen molar-refractivity contribution in [1.29, 1.82) is 0 Å². The standard InChI is InChI=1S/C16H24N4O.HI/c1-4-12(2)19-16(17-3)18-11-15(21)20-10-9-13-7-5-6-8-14(13)20;/h5-8,12H,4,9-11H2,1-3H3,(H2,17,18,19);1H. The molecule has 1 heterocycles. The van der Waals surface area contributed by atoms with Crippen LogP contribution in [0.25, 0.3) is 0 Å². The molecule has 0 aromatic heterocycles. The van der Waals surface area contributed by atoms with Crippen molar-refractivity contribution >= 4 is 41.5 Å². The molecular formula is C16H25IN4O. The first-order chi connectivity index (χ1) is 10.2. The van der Waals surface area contributed by atoms with E-state index in [1.165, 1.54) is 5.56 Å². The number of benzene rings is 1. The van der Waals surface area contributed by atoms with Crippen LogP contribution >= 0.6 is 24.0 Å². The second kappa shape index (κ2) is 8.97. The van der Waals surface area contributed by atoms with Gasteiger partial charge in [-0.05, 0) is 31.4 Å². The summed E-state index contributed by atoms with van der Waals surface area (Å²) in [5, 5.41) is 6.34. The summed E-state index contributed by atoms with van der Waals surface area (Å²) in [5.74, 6) is 0.747. The van der Waals surface area contributed by atoms with Gasteiger partial charge in [-0.2, -0.15) is 0 Å². The number of hydrogen-bond acceptors (Lipinski definition) is 2. The minimum atomic E-state index is 0. The van der Waals surface area contributed by atoms with Gasteiger partial charge in [0.2, 0.25) is 5.91 Å². The highest BCUT2D eigenvalue weighted by molar-refractivity contribution is 14.0. The predicted molar refractivity (Wildman–Crippen MR) is 102 cm³/mol. The lowest BCUT2D eigenvalue weighted by atomic mass is 10.2. The second-order valence-corrected chi connectivity index (χ2v) is 5.30. The number of guanidine groups is 1. The molecule has 122 valence electrons. The molecule has 0 spiro atoms. The molecule has 1 atom stereocenters. The van der Waals surface area contributed by atoms with Gasteiger partial charge in [0.15, 0.2) is 5.96 Å². The molecule has 0 saturated carbocycles. The second-order valence-electron chi connectivity index (χ2n) is 5.30. The summed E-state index contributed by atoms with van der Waals surface area (Å²) < 4.78 is 0. The Bertz CT molecular complexity index is 533. The maximum Gasteiger partial charge on any atom is 0.246 e. The van der Waals surface area contributed by atoms with E-state index in [9.17, 15) is 4.79 Å². The zero-order valence-electron chi connectivity index (χ0n) is 13.4. The number of halogens is 1. The molecule has 5 nitrogen and oxygen atoms in total. The zero-order valence-corrected chi connectivity index (χ0v) is 15.8. The van der Waals surface area contributed by atoms with Gasteiger partial charge in [-0.1, -0.05) is 25.1 Å². The molecule has 0 saturated heterocycles. The Hall–Kier alpha value is -1.31. The van der Waals surface area contributed by atoms with Gasteiger partial charge in [-0.15, -0.1) is 24.0 Å². The monoisotopic (exact) mass is 416 g/mol. The maximum absolute atomic E-state index is 12.4. The smallest absolute Gasteiger partial charge is 0.246 e. The highest BCUT2D eigenvalue weighted by Crippen LogP contribution is 2.27. The fourth-order valence-corrected chi connectivity index (χ4v) is 2.38. The van der Waals surface area contributed by atoms with E-state index >= 15 is 0 Å². The Labute approximate surface area is 149 Å². The first-order valence-electron chi connectivity index (χ1n) is 7.51. The van der Waals surface area contributed by atoms with Crippen LogP contribution in [0.4, 0.5) is 5.69 Å². The van der Waals surface area contributed by atoms with Crippen LogP contribution in [0.5, 0.6) is 0 Å². The normalized spacial score (nSPS) is 14.9. The molecule has 2 rings (SSSR count). The topological polar surface area (TPSA) is 56.7 Å². The SMILES string of the molecule is CCC(C)NC(=NC)NCC(=O)N1CCc2ccccc21.I. The van der Waals surface area contributed by atoms with Crippen molar-refractivity contribution < 1.29 is 4.79 Å². The molecule has 1 amide bonds. The Kier molecular flexibility index (Phi) is 7.64. The van der Waals surface area contributed by atoms with Crippen LogP contribution in [0.2, 0.25) is 0 Å². The minimum Gasteiger partial charge on any atom is -0.354 e. The van der Waals surface area contributed by atoms with E-state index in [1.54, 1.807) is 7.05 Å². The first kappa shape index (κ1) is 18.7. The van der Waals surface area contributed by atoms with Gasteiger partial charge in [0, 0.05) is 25.3 Å². The van der Waals surface area contributed by atoms with Gasteiger partial charge in [0.25, 0.3) is 0 Å². The van der Waals surface area contributed by atoms with Gasteiger partial charge in [-0.3, -0.25) is 9.79 Å². The number of carbonyl (C=O) groups is 1. The first-order valence-corrected chi connectivity index (χ1v) is 7.51. The average molecular weight is 416 g/mol. The molecule has 6 heteroatoms. The van der Waals surface area contributed by atoms with E-state index in [4.69, 9.17) is 0 Å². The fraction of sp³-hybridized carbons (Fsp3) is 0.500. The average Bonchev–Trinajstić information content (AvgIpc) is 2.94. The molecule has 1 aliphatic heterocycles. The third-order valence-corrected chi connectivity index (χ3v) is 3.81. The molecule has 0 aliphatic carbocycles. The molecule has 0 bridgehead atoms. The van der Waals surface area contributed by atoms with E-state index < -0.39 is 0 Å². The Morgan fingerprint density at radius 3 is 2.82 bits per heavy atom. The van der Waals surface area contributed by atoms with Crippen LogP contribution in [-0.4, -0.2) is 38.0 Å². The molecular weight excluding hydrogens is 391 g/mol. The van der Waals surface area contributed by atoms with Gasteiger partial charge >= 0.3 is 0 Å². The number of aliphatic imine (C=N–C) groups is 1. The van der Waals surface area contributed by atoms with Crippen molar-refractivity contribution in [2.45, 2.75) is 32.7 Å². The molecule has 1 aromatic carbocycles. The number of nitrogens with zero attached hydrogens (tertiary/aromatic N) is 2. The summed E-state index contributed by atoms with van der Waals surface area (Å²) in [6.07, 6.45) is 1.94. The summed E-state index contributed by atoms with van der Waals surface area (Å²) in [6.45, 7) is 5.21. The quantitative estimate of drug-likeness (QED) is 0.450. The summed E-state index contributed by atoms with van der Waals surface area (Å²) in [5.41, 5.74) is 2.28. The van der Waals surface area contributed by atoms with Crippen molar-refractivity contribution in [2.24, 2.45) is 4.99 Å². The number of amides is 1. The van der Waals surface area contributed by atoms with Gasteiger partial charge in [-0.25, -0.2) is 0 Å². The Morgan fingerprint density at radius 1 is 1.41 bits per heavy atom. The van der Waals surface area contributed by atoms with Crippen LogP contribution in [0, 0.1) is 0 Å². The van der Waals surface area contributed by atoms with Gasteiger partial charge in [0.05, 0.1) is 6.54 Å². The number of hydrogen-bond donors (Lipinski definition) is 2. The Morgan fingerprint density at radius 2 is 2.14 bits per heavy atom. The lowest BCUT2D eigenvalue weighted by Gasteiger charge is -2.20. The molecule has 1 unspecified atom stereocenters. The van der Waals surface area contributed by atoms with E-state index in [2.05, 4.69) is 35.5 Å². The van der Waals surface area contributed by atoms with Crippen LogP contribution in [0.3, 0.4) is 0 Å². The third-order valence-electron chi connectivity index (χ3n) is 3.81. The lowest BCUT2D eigenvalue weighted by Crippen LogP contribution is -2.46. The minimum absolute atomic E-state index is 0. The Balaban J connectivity index is 0.00000242. The summed E-state index contributed by atoms with van der Waals surface area (Å²) in [6, 6.07) is 8.41. The number of nitrogens with one attached hydrogen (secondary N) is 2. The van der Waals surface area contributed by atoms with Crippen molar-refractivity contribution in [3.8, 4) is 0 Å². The van der Waals surface area contributed by atoms with Crippen molar-refractivity contribution in [3.05, 3.63) is 29.8 Å². The summed E-state index contributed by atoms with van der Waals surface area (Å²) in [4.78, 5) is 18.4. The zero-order chi connectivity index (χ0) is 15.2. The maximum atomic E-state index is 12.4. The fourth-order valence-electron chi connectivity index (χ4n) is 2.38. The third kappa shape index (κ3) is 4.59.